The smallest absolute Gasteiger partial charge is 0.230 e. The Morgan fingerprint density at radius 3 is 2.71 bits per heavy atom. The second-order valence-corrected chi connectivity index (χ2v) is 7.42. The number of rotatable bonds is 5. The Balaban J connectivity index is 1.51. The van der Waals surface area contributed by atoms with E-state index in [0.717, 1.165) is 4.90 Å². The number of aliphatic hydroxyl groups is 1. The summed E-state index contributed by atoms with van der Waals surface area (Å²) in [6, 6.07) is 8.44. The van der Waals surface area contributed by atoms with Crippen LogP contribution in [-0.2, 0) is 4.79 Å². The predicted molar refractivity (Wildman–Crippen MR) is 85.2 cm³/mol. The molecule has 4 unspecified atom stereocenters. The minimum atomic E-state index is 0.0941. The molecule has 3 nitrogen and oxygen atoms in total. The topological polar surface area (TPSA) is 49.3 Å². The van der Waals surface area contributed by atoms with Gasteiger partial charge in [0.05, 0.1) is 5.75 Å². The number of thioether (sulfide) groups is 1. The fourth-order valence-electron chi connectivity index (χ4n) is 3.91. The van der Waals surface area contributed by atoms with E-state index in [9.17, 15) is 9.90 Å². The van der Waals surface area contributed by atoms with Gasteiger partial charge in [0, 0.05) is 23.5 Å². The minimum Gasteiger partial charge on any atom is -0.396 e. The Kier molecular flexibility index (Phi) is 4.55. The maximum Gasteiger partial charge on any atom is 0.230 e. The molecule has 2 aliphatic rings. The second kappa shape index (κ2) is 6.41. The number of hydrogen-bond acceptors (Lipinski definition) is 3. The molecular weight excluding hydrogens is 282 g/mol. The molecule has 1 aromatic rings. The van der Waals surface area contributed by atoms with Crippen molar-refractivity contribution in [3.63, 3.8) is 0 Å². The first-order chi connectivity index (χ1) is 10.2. The van der Waals surface area contributed by atoms with E-state index >= 15 is 0 Å². The third-order valence-corrected chi connectivity index (χ3v) is 6.03. The molecule has 0 saturated heterocycles. The number of aliphatic hydroxyl groups excluding tert-OH is 1. The number of carbonyl (C=O) groups is 1. The zero-order valence-corrected chi connectivity index (χ0v) is 13.2. The van der Waals surface area contributed by atoms with E-state index in [1.165, 1.54) is 24.8 Å². The van der Waals surface area contributed by atoms with Crippen LogP contribution in [0.15, 0.2) is 29.2 Å². The Morgan fingerprint density at radius 1 is 1.29 bits per heavy atom. The Bertz CT molecular complexity index is 502. The average molecular weight is 305 g/mol. The Morgan fingerprint density at radius 2 is 2.00 bits per heavy atom. The van der Waals surface area contributed by atoms with Crippen LogP contribution in [0.5, 0.6) is 0 Å². The molecule has 21 heavy (non-hydrogen) atoms. The van der Waals surface area contributed by atoms with Crippen molar-refractivity contribution in [2.24, 2.45) is 17.8 Å². The van der Waals surface area contributed by atoms with Crippen LogP contribution >= 0.6 is 11.8 Å². The molecule has 114 valence electrons. The molecule has 3 rings (SSSR count). The first-order valence-corrected chi connectivity index (χ1v) is 8.75. The molecule has 2 saturated carbocycles. The van der Waals surface area contributed by atoms with Crippen LogP contribution in [-0.4, -0.2) is 29.4 Å². The number of fused-ring (bicyclic) bond motifs is 2. The standard InChI is InChI=1S/C17H23NO2S/c1-11-2-6-14(7-3-11)21-10-16(20)18-17-13-5-4-12(8-13)15(17)9-19/h2-3,6-7,12-13,15,17,19H,4-5,8-10H2,1H3,(H,18,20). The molecule has 0 heterocycles. The highest BCUT2D eigenvalue weighted by Gasteiger charge is 2.47. The number of nitrogens with one attached hydrogen (secondary N) is 1. The Hall–Kier alpha value is -1.00. The van der Waals surface area contributed by atoms with Crippen LogP contribution in [0.25, 0.3) is 0 Å². The van der Waals surface area contributed by atoms with Crippen LogP contribution in [0.1, 0.15) is 24.8 Å². The first-order valence-electron chi connectivity index (χ1n) is 7.77. The van der Waals surface area contributed by atoms with Gasteiger partial charge in [-0.1, -0.05) is 17.7 Å². The van der Waals surface area contributed by atoms with Gasteiger partial charge in [-0.2, -0.15) is 0 Å². The molecule has 1 amide bonds. The molecule has 0 spiro atoms. The number of benzene rings is 1. The quantitative estimate of drug-likeness (QED) is 0.822. The number of amides is 1. The molecule has 2 fully saturated rings. The van der Waals surface area contributed by atoms with E-state index in [1.807, 2.05) is 0 Å². The van der Waals surface area contributed by atoms with Gasteiger partial charge in [-0.25, -0.2) is 0 Å². The van der Waals surface area contributed by atoms with E-state index in [1.54, 1.807) is 11.8 Å². The van der Waals surface area contributed by atoms with Crippen LogP contribution in [0.3, 0.4) is 0 Å². The van der Waals surface area contributed by atoms with Gasteiger partial charge in [-0.15, -0.1) is 11.8 Å². The van der Waals surface area contributed by atoms with Crippen molar-refractivity contribution in [2.75, 3.05) is 12.4 Å². The molecule has 4 atom stereocenters. The summed E-state index contributed by atoms with van der Waals surface area (Å²) < 4.78 is 0. The number of aryl methyl sites for hydroxylation is 1. The Labute approximate surface area is 130 Å². The van der Waals surface area contributed by atoms with Crippen molar-refractivity contribution < 1.29 is 9.90 Å². The maximum absolute atomic E-state index is 12.2. The zero-order chi connectivity index (χ0) is 14.8. The molecule has 0 aliphatic heterocycles. The van der Waals surface area contributed by atoms with Crippen molar-refractivity contribution in [2.45, 2.75) is 37.1 Å². The highest BCUT2D eigenvalue weighted by Crippen LogP contribution is 2.48. The average Bonchev–Trinajstić information content (AvgIpc) is 3.07. The van der Waals surface area contributed by atoms with E-state index in [-0.39, 0.29) is 24.5 Å². The van der Waals surface area contributed by atoms with Gasteiger partial charge in [0.15, 0.2) is 0 Å². The molecule has 0 radical (unpaired) electrons. The molecule has 0 aromatic heterocycles. The van der Waals surface area contributed by atoms with E-state index in [4.69, 9.17) is 0 Å². The van der Waals surface area contributed by atoms with Crippen LogP contribution in [0, 0.1) is 24.7 Å². The normalized spacial score (nSPS) is 30.6. The minimum absolute atomic E-state index is 0.0941. The number of hydrogen-bond donors (Lipinski definition) is 2. The van der Waals surface area contributed by atoms with Crippen LogP contribution in [0.4, 0.5) is 0 Å². The summed E-state index contributed by atoms with van der Waals surface area (Å²) in [7, 11) is 0. The SMILES string of the molecule is Cc1ccc(SCC(=O)NC2C3CCC(C3)C2CO)cc1. The van der Waals surface area contributed by atoms with Gasteiger partial charge in [0.2, 0.25) is 5.91 Å². The monoisotopic (exact) mass is 305 g/mol. The molecule has 4 heteroatoms. The van der Waals surface area contributed by atoms with Crippen molar-refractivity contribution in [3.05, 3.63) is 29.8 Å². The van der Waals surface area contributed by atoms with Crippen LogP contribution in [0.2, 0.25) is 0 Å². The van der Waals surface area contributed by atoms with E-state index < -0.39 is 0 Å². The lowest BCUT2D eigenvalue weighted by atomic mass is 9.85. The van der Waals surface area contributed by atoms with Gasteiger partial charge >= 0.3 is 0 Å². The lowest BCUT2D eigenvalue weighted by molar-refractivity contribution is -0.120. The van der Waals surface area contributed by atoms with Crippen LogP contribution < -0.4 is 5.32 Å². The van der Waals surface area contributed by atoms with E-state index in [2.05, 4.69) is 36.5 Å². The van der Waals surface area contributed by atoms with Crippen molar-refractivity contribution in [3.8, 4) is 0 Å². The molecule has 2 bridgehead atoms. The first kappa shape index (κ1) is 14.9. The van der Waals surface area contributed by atoms with Crippen molar-refractivity contribution >= 4 is 17.7 Å². The highest BCUT2D eigenvalue weighted by atomic mass is 32.2. The highest BCUT2D eigenvalue weighted by molar-refractivity contribution is 8.00. The summed E-state index contributed by atoms with van der Waals surface area (Å²) in [5.41, 5.74) is 1.23. The number of carbonyl (C=O) groups excluding carboxylic acids is 1. The second-order valence-electron chi connectivity index (χ2n) is 6.37. The van der Waals surface area contributed by atoms with Gasteiger partial charge in [0.1, 0.15) is 0 Å². The molecule has 1 aromatic carbocycles. The summed E-state index contributed by atoms with van der Waals surface area (Å²) in [4.78, 5) is 13.3. The predicted octanol–water partition coefficient (Wildman–Crippen LogP) is 2.61. The summed E-state index contributed by atoms with van der Waals surface area (Å²) in [6.45, 7) is 2.27. The molecule has 2 aliphatic carbocycles. The maximum atomic E-state index is 12.2. The van der Waals surface area contributed by atoms with Gasteiger partial charge in [-0.3, -0.25) is 4.79 Å². The van der Waals surface area contributed by atoms with Gasteiger partial charge in [-0.05, 0) is 50.2 Å². The third kappa shape index (κ3) is 3.27. The van der Waals surface area contributed by atoms with Gasteiger partial charge < -0.3 is 10.4 Å². The van der Waals surface area contributed by atoms with Crippen molar-refractivity contribution in [1.29, 1.82) is 0 Å². The zero-order valence-electron chi connectivity index (χ0n) is 12.4. The lowest BCUT2D eigenvalue weighted by Gasteiger charge is -2.30. The largest absolute Gasteiger partial charge is 0.396 e. The fraction of sp³-hybridized carbons (Fsp3) is 0.588. The third-order valence-electron chi connectivity index (χ3n) is 5.02. The summed E-state index contributed by atoms with van der Waals surface area (Å²) in [5.74, 6) is 2.03. The fourth-order valence-corrected chi connectivity index (χ4v) is 4.62. The summed E-state index contributed by atoms with van der Waals surface area (Å²) in [6.07, 6.45) is 3.61. The van der Waals surface area contributed by atoms with Crippen molar-refractivity contribution in [1.82, 2.24) is 5.32 Å². The van der Waals surface area contributed by atoms with E-state index in [0.29, 0.717) is 17.6 Å². The molecular formula is C17H23NO2S. The lowest BCUT2D eigenvalue weighted by Crippen LogP contribution is -2.45. The summed E-state index contributed by atoms with van der Waals surface area (Å²) in [5, 5.41) is 12.7. The summed E-state index contributed by atoms with van der Waals surface area (Å²) >= 11 is 1.57. The molecule has 2 N–H and O–H groups in total. The van der Waals surface area contributed by atoms with Gasteiger partial charge in [0.25, 0.3) is 0 Å².